The molecule has 3 heterocycles. The van der Waals surface area contributed by atoms with E-state index in [4.69, 9.17) is 10.2 Å². The number of hydrogen-bond acceptors (Lipinski definition) is 5. The number of thiazole rings is 1. The van der Waals surface area contributed by atoms with Gasteiger partial charge in [-0.15, -0.1) is 23.7 Å². The van der Waals surface area contributed by atoms with Crippen LogP contribution in [0.15, 0.2) is 22.8 Å². The van der Waals surface area contributed by atoms with Crippen molar-refractivity contribution in [1.82, 2.24) is 9.88 Å². The molecule has 2 N–H and O–H groups in total. The van der Waals surface area contributed by atoms with Crippen LogP contribution in [-0.2, 0) is 0 Å². The summed E-state index contributed by atoms with van der Waals surface area (Å²) >= 11 is 1.50. The summed E-state index contributed by atoms with van der Waals surface area (Å²) in [4.78, 5) is 20.2. The van der Waals surface area contributed by atoms with Crippen molar-refractivity contribution < 1.29 is 9.21 Å². The summed E-state index contributed by atoms with van der Waals surface area (Å²) in [5.74, 6) is 1.79. The Morgan fingerprint density at radius 1 is 1.43 bits per heavy atom. The van der Waals surface area contributed by atoms with Crippen molar-refractivity contribution in [2.75, 3.05) is 13.1 Å². The number of carbonyl (C=O) groups excluding carboxylic acids is 1. The van der Waals surface area contributed by atoms with Crippen LogP contribution in [0, 0.1) is 18.8 Å². The summed E-state index contributed by atoms with van der Waals surface area (Å²) in [6, 6.07) is 3.94. The Kier molecular flexibility index (Phi) is 4.49. The van der Waals surface area contributed by atoms with E-state index in [9.17, 15) is 4.79 Å². The monoisotopic (exact) mass is 353 g/mol. The highest BCUT2D eigenvalue weighted by atomic mass is 35.5. The summed E-state index contributed by atoms with van der Waals surface area (Å²) in [7, 11) is 0. The molecular formula is C16H20ClN3O2S. The van der Waals surface area contributed by atoms with Crippen LogP contribution < -0.4 is 5.73 Å². The van der Waals surface area contributed by atoms with E-state index in [0.29, 0.717) is 23.3 Å². The molecule has 7 heteroatoms. The lowest BCUT2D eigenvalue weighted by atomic mass is 9.98. The zero-order valence-corrected chi connectivity index (χ0v) is 14.5. The Hall–Kier alpha value is -1.37. The molecule has 2 aromatic heterocycles. The van der Waals surface area contributed by atoms with Crippen LogP contribution in [0.4, 0.5) is 0 Å². The minimum Gasteiger partial charge on any atom is -0.462 e. The quantitative estimate of drug-likeness (QED) is 0.900. The first-order chi connectivity index (χ1) is 10.6. The summed E-state index contributed by atoms with van der Waals surface area (Å²) in [5.41, 5.74) is 6.72. The van der Waals surface area contributed by atoms with E-state index >= 15 is 0 Å². The third kappa shape index (κ3) is 2.79. The maximum atomic E-state index is 12.8. The Labute approximate surface area is 145 Å². The van der Waals surface area contributed by atoms with Crippen molar-refractivity contribution in [2.45, 2.75) is 25.8 Å². The van der Waals surface area contributed by atoms with Gasteiger partial charge in [0.15, 0.2) is 10.8 Å². The normalized spacial score (nSPS) is 26.2. The molecule has 1 amide bonds. The summed E-state index contributed by atoms with van der Waals surface area (Å²) < 4.78 is 5.37. The first kappa shape index (κ1) is 16.5. The lowest BCUT2D eigenvalue weighted by Crippen LogP contribution is -2.33. The zero-order valence-electron chi connectivity index (χ0n) is 12.9. The van der Waals surface area contributed by atoms with Gasteiger partial charge in [-0.3, -0.25) is 4.79 Å². The van der Waals surface area contributed by atoms with Gasteiger partial charge < -0.3 is 15.1 Å². The van der Waals surface area contributed by atoms with Gasteiger partial charge in [-0.1, -0.05) is 0 Å². The smallest absolute Gasteiger partial charge is 0.273 e. The van der Waals surface area contributed by atoms with Crippen molar-refractivity contribution in [3.05, 3.63) is 29.0 Å². The Bertz CT molecular complexity index is 700. The van der Waals surface area contributed by atoms with Crippen LogP contribution in [0.1, 0.15) is 28.2 Å². The van der Waals surface area contributed by atoms with E-state index in [2.05, 4.69) is 4.98 Å². The van der Waals surface area contributed by atoms with Crippen LogP contribution in [0.3, 0.4) is 0 Å². The Morgan fingerprint density at radius 3 is 2.96 bits per heavy atom. The van der Waals surface area contributed by atoms with Crippen molar-refractivity contribution in [2.24, 2.45) is 17.6 Å². The van der Waals surface area contributed by atoms with E-state index < -0.39 is 0 Å². The number of nitrogens with zero attached hydrogens (tertiary/aromatic N) is 2. The van der Waals surface area contributed by atoms with Gasteiger partial charge in [0, 0.05) is 24.0 Å². The minimum absolute atomic E-state index is 0. The average Bonchev–Trinajstić information content (AvgIpc) is 3.23. The molecule has 4 rings (SSSR count). The first-order valence-electron chi connectivity index (χ1n) is 7.69. The van der Waals surface area contributed by atoms with E-state index in [1.807, 2.05) is 24.0 Å². The third-order valence-electron chi connectivity index (χ3n) is 4.93. The van der Waals surface area contributed by atoms with Crippen molar-refractivity contribution in [3.8, 4) is 10.8 Å². The van der Waals surface area contributed by atoms with Crippen LogP contribution in [0.5, 0.6) is 0 Å². The SMILES string of the molecule is Cc1sc(-c2ccco2)nc1C(=O)N1CC2CCC(N)C2C1.Cl. The predicted octanol–water partition coefficient (Wildman–Crippen LogP) is 2.94. The number of rotatable bonds is 2. The molecule has 0 bridgehead atoms. The number of carbonyl (C=O) groups is 1. The molecule has 2 fully saturated rings. The number of fused-ring (bicyclic) bond motifs is 1. The Morgan fingerprint density at radius 2 is 2.26 bits per heavy atom. The first-order valence-corrected chi connectivity index (χ1v) is 8.51. The highest BCUT2D eigenvalue weighted by Crippen LogP contribution is 2.38. The molecule has 23 heavy (non-hydrogen) atoms. The summed E-state index contributed by atoms with van der Waals surface area (Å²) in [6.45, 7) is 3.54. The molecule has 3 unspecified atom stereocenters. The third-order valence-corrected chi connectivity index (χ3v) is 5.92. The number of halogens is 1. The Balaban J connectivity index is 0.00000156. The molecule has 1 aliphatic carbocycles. The highest BCUT2D eigenvalue weighted by Gasteiger charge is 2.43. The number of furan rings is 1. The average molecular weight is 354 g/mol. The molecule has 0 spiro atoms. The largest absolute Gasteiger partial charge is 0.462 e. The standard InChI is InChI=1S/C16H19N3O2S.ClH/c1-9-14(18-15(22-9)13-3-2-6-21-13)16(20)19-7-10-4-5-12(17)11(10)8-19;/h2-3,6,10-12H,4-5,7-8,17H2,1H3;1H. The number of amides is 1. The molecule has 1 aliphatic heterocycles. The van der Waals surface area contributed by atoms with Crippen LogP contribution in [-0.4, -0.2) is 34.9 Å². The number of nitrogens with two attached hydrogens (primary N) is 1. The predicted molar refractivity (Wildman–Crippen MR) is 91.9 cm³/mol. The molecule has 124 valence electrons. The van der Waals surface area contributed by atoms with Crippen molar-refractivity contribution in [3.63, 3.8) is 0 Å². The van der Waals surface area contributed by atoms with Gasteiger partial charge in [0.25, 0.3) is 5.91 Å². The maximum Gasteiger partial charge on any atom is 0.273 e. The van der Waals surface area contributed by atoms with E-state index in [1.165, 1.54) is 11.3 Å². The maximum absolute atomic E-state index is 12.8. The van der Waals surface area contributed by atoms with E-state index in [0.717, 1.165) is 35.8 Å². The molecular weight excluding hydrogens is 334 g/mol. The molecule has 0 radical (unpaired) electrons. The fourth-order valence-electron chi connectivity index (χ4n) is 3.72. The van der Waals surface area contributed by atoms with Crippen LogP contribution >= 0.6 is 23.7 Å². The van der Waals surface area contributed by atoms with Crippen molar-refractivity contribution in [1.29, 1.82) is 0 Å². The van der Waals surface area contributed by atoms with Gasteiger partial charge in [-0.05, 0) is 43.7 Å². The fraction of sp³-hybridized carbons (Fsp3) is 0.500. The molecule has 2 aliphatic rings. The fourth-order valence-corrected chi connectivity index (χ4v) is 4.60. The molecule has 2 aromatic rings. The second kappa shape index (κ2) is 6.26. The lowest BCUT2D eigenvalue weighted by molar-refractivity contribution is 0.0774. The number of likely N-dealkylation sites (tertiary alicyclic amines) is 1. The minimum atomic E-state index is 0. The molecule has 1 saturated carbocycles. The molecule has 3 atom stereocenters. The van der Waals surface area contributed by atoms with Gasteiger partial charge in [0.1, 0.15) is 5.69 Å². The van der Waals surface area contributed by atoms with Crippen molar-refractivity contribution >= 4 is 29.7 Å². The van der Waals surface area contributed by atoms with Gasteiger partial charge in [0.05, 0.1) is 6.26 Å². The summed E-state index contributed by atoms with van der Waals surface area (Å²) in [5, 5.41) is 0.766. The van der Waals surface area contributed by atoms with Gasteiger partial charge in [-0.25, -0.2) is 4.98 Å². The van der Waals surface area contributed by atoms with Crippen LogP contribution in [0.2, 0.25) is 0 Å². The lowest BCUT2D eigenvalue weighted by Gasteiger charge is -2.18. The molecule has 1 saturated heterocycles. The number of aryl methyl sites for hydroxylation is 1. The topological polar surface area (TPSA) is 72.4 Å². The highest BCUT2D eigenvalue weighted by molar-refractivity contribution is 7.15. The van der Waals surface area contributed by atoms with Crippen LogP contribution in [0.25, 0.3) is 10.8 Å². The molecule has 0 aromatic carbocycles. The second-order valence-corrected chi connectivity index (χ2v) is 7.48. The zero-order chi connectivity index (χ0) is 15.3. The molecule has 5 nitrogen and oxygen atoms in total. The van der Waals surface area contributed by atoms with Gasteiger partial charge in [0.2, 0.25) is 0 Å². The second-order valence-electron chi connectivity index (χ2n) is 6.28. The van der Waals surface area contributed by atoms with E-state index in [1.54, 1.807) is 6.26 Å². The van der Waals surface area contributed by atoms with Gasteiger partial charge >= 0.3 is 0 Å². The summed E-state index contributed by atoms with van der Waals surface area (Å²) in [6.07, 6.45) is 3.86. The van der Waals surface area contributed by atoms with Gasteiger partial charge in [-0.2, -0.15) is 0 Å². The number of aromatic nitrogens is 1. The number of hydrogen-bond donors (Lipinski definition) is 1. The van der Waals surface area contributed by atoms with E-state index in [-0.39, 0.29) is 24.4 Å².